The van der Waals surface area contributed by atoms with Gasteiger partial charge in [0.25, 0.3) is 0 Å². The van der Waals surface area contributed by atoms with E-state index in [1.54, 1.807) is 26.1 Å². The van der Waals surface area contributed by atoms with Gasteiger partial charge in [-0.1, -0.05) is 18.0 Å². The lowest BCUT2D eigenvalue weighted by Gasteiger charge is -2.21. The van der Waals surface area contributed by atoms with Gasteiger partial charge in [0, 0.05) is 33.2 Å². The van der Waals surface area contributed by atoms with E-state index in [0.717, 1.165) is 44.5 Å². The number of nitrogens with zero attached hydrogens (tertiary/aromatic N) is 4. The van der Waals surface area contributed by atoms with Crippen LogP contribution < -0.4 is 15.4 Å². The summed E-state index contributed by atoms with van der Waals surface area (Å²) >= 11 is 6.33. The maximum Gasteiger partial charge on any atom is 0.308 e. The molecular formula is C25H33ClN6O4. The number of aromatic nitrogens is 2. The zero-order chi connectivity index (χ0) is 25.8. The minimum absolute atomic E-state index is 0.0949. The molecule has 10 nitrogen and oxygen atoms in total. The lowest BCUT2D eigenvalue weighted by atomic mass is 10.0. The van der Waals surface area contributed by atoms with Crippen molar-refractivity contribution in [3.8, 4) is 5.75 Å². The molecular weight excluding hydrogens is 484 g/mol. The summed E-state index contributed by atoms with van der Waals surface area (Å²) in [6, 6.07) is 3.85. The van der Waals surface area contributed by atoms with Crippen LogP contribution in [0.3, 0.4) is 0 Å². The number of carbonyl (C=O) groups is 2. The third-order valence-electron chi connectivity index (χ3n) is 6.92. The Kier molecular flexibility index (Phi) is 8.15. The Morgan fingerprint density at radius 2 is 1.94 bits per heavy atom. The molecule has 0 spiro atoms. The van der Waals surface area contributed by atoms with Gasteiger partial charge in [0.1, 0.15) is 10.8 Å². The smallest absolute Gasteiger partial charge is 0.308 e. The molecule has 194 valence electrons. The average molecular weight is 517 g/mol. The highest BCUT2D eigenvalue weighted by Crippen LogP contribution is 2.34. The van der Waals surface area contributed by atoms with Crippen LogP contribution in [0.15, 0.2) is 18.3 Å². The first kappa shape index (κ1) is 26.0. The predicted molar refractivity (Wildman–Crippen MR) is 138 cm³/mol. The van der Waals surface area contributed by atoms with Gasteiger partial charge in [-0.05, 0) is 48.9 Å². The highest BCUT2D eigenvalue weighted by atomic mass is 35.5. The SMILES string of the molecule is COc1cc2c(cc1Nc1ncc(Cl)c(N[C@H]3CCC[C@H]3C(=O)O)n1)CCN(CC(=O)N(C)C)CC2. The first-order valence-electron chi connectivity index (χ1n) is 12.2. The first-order valence-corrected chi connectivity index (χ1v) is 12.5. The molecule has 1 amide bonds. The Hall–Kier alpha value is -3.11. The Balaban J connectivity index is 1.51. The van der Waals surface area contributed by atoms with Crippen LogP contribution in [0.1, 0.15) is 30.4 Å². The van der Waals surface area contributed by atoms with E-state index in [0.29, 0.717) is 35.5 Å². The van der Waals surface area contributed by atoms with E-state index >= 15 is 0 Å². The van der Waals surface area contributed by atoms with Gasteiger partial charge in [0.2, 0.25) is 11.9 Å². The topological polar surface area (TPSA) is 120 Å². The Labute approximate surface area is 216 Å². The number of carboxylic acid groups (broad SMARTS) is 1. The molecule has 2 aromatic rings. The lowest BCUT2D eigenvalue weighted by molar-refractivity contribution is -0.141. The molecule has 3 N–H and O–H groups in total. The van der Waals surface area contributed by atoms with Crippen LogP contribution >= 0.6 is 11.6 Å². The van der Waals surface area contributed by atoms with Crippen molar-refractivity contribution in [2.45, 2.75) is 38.1 Å². The van der Waals surface area contributed by atoms with Crippen LogP contribution in [-0.2, 0) is 22.4 Å². The Bertz CT molecular complexity index is 1130. The van der Waals surface area contributed by atoms with Gasteiger partial charge in [-0.15, -0.1) is 0 Å². The number of carboxylic acids is 1. The van der Waals surface area contributed by atoms with Crippen LogP contribution in [0.4, 0.5) is 17.5 Å². The van der Waals surface area contributed by atoms with Gasteiger partial charge in [-0.2, -0.15) is 4.98 Å². The highest BCUT2D eigenvalue weighted by molar-refractivity contribution is 6.32. The van der Waals surface area contributed by atoms with Crippen molar-refractivity contribution in [1.82, 2.24) is 19.8 Å². The number of carbonyl (C=O) groups excluding carboxylic acids is 1. The summed E-state index contributed by atoms with van der Waals surface area (Å²) in [5, 5.41) is 16.3. The van der Waals surface area contributed by atoms with Crippen molar-refractivity contribution >= 4 is 40.9 Å². The summed E-state index contributed by atoms with van der Waals surface area (Å²) in [6.45, 7) is 1.99. The number of ether oxygens (including phenoxy) is 1. The van der Waals surface area contributed by atoms with Crippen LogP contribution in [0.5, 0.6) is 5.75 Å². The van der Waals surface area contributed by atoms with Crippen molar-refractivity contribution in [2.24, 2.45) is 5.92 Å². The fourth-order valence-corrected chi connectivity index (χ4v) is 4.96. The molecule has 1 saturated carbocycles. The van der Waals surface area contributed by atoms with E-state index in [1.165, 1.54) is 17.3 Å². The number of benzene rings is 1. The molecule has 0 saturated heterocycles. The molecule has 0 unspecified atom stereocenters. The summed E-state index contributed by atoms with van der Waals surface area (Å²) < 4.78 is 5.65. The minimum Gasteiger partial charge on any atom is -0.495 e. The van der Waals surface area contributed by atoms with E-state index in [2.05, 4.69) is 25.5 Å². The molecule has 36 heavy (non-hydrogen) atoms. The monoisotopic (exact) mass is 516 g/mol. The van der Waals surface area contributed by atoms with Crippen molar-refractivity contribution in [2.75, 3.05) is 51.5 Å². The van der Waals surface area contributed by atoms with Gasteiger partial charge in [-0.3, -0.25) is 14.5 Å². The number of anilines is 3. The number of nitrogens with one attached hydrogen (secondary N) is 2. The Morgan fingerprint density at radius 3 is 2.61 bits per heavy atom. The van der Waals surface area contributed by atoms with Gasteiger partial charge < -0.3 is 25.4 Å². The summed E-state index contributed by atoms with van der Waals surface area (Å²) in [5.74, 6) is 0.218. The zero-order valence-corrected chi connectivity index (χ0v) is 21.6. The zero-order valence-electron chi connectivity index (χ0n) is 20.9. The van der Waals surface area contributed by atoms with Gasteiger partial charge in [0.15, 0.2) is 5.82 Å². The molecule has 4 rings (SSSR count). The van der Waals surface area contributed by atoms with Gasteiger partial charge in [-0.25, -0.2) is 4.98 Å². The molecule has 2 atom stereocenters. The molecule has 1 aliphatic heterocycles. The highest BCUT2D eigenvalue weighted by Gasteiger charge is 2.33. The number of hydrogen-bond acceptors (Lipinski definition) is 8. The second kappa shape index (κ2) is 11.3. The lowest BCUT2D eigenvalue weighted by Crippen LogP contribution is -2.37. The number of fused-ring (bicyclic) bond motifs is 1. The number of likely N-dealkylation sites (N-methyl/N-ethyl adjacent to an activating group) is 1. The van der Waals surface area contributed by atoms with E-state index in [4.69, 9.17) is 16.3 Å². The number of aliphatic carboxylic acids is 1. The second-order valence-electron chi connectivity index (χ2n) is 9.53. The molecule has 0 bridgehead atoms. The normalized spacial score (nSPS) is 19.8. The number of rotatable bonds is 8. The van der Waals surface area contributed by atoms with Crippen molar-refractivity contribution in [3.63, 3.8) is 0 Å². The average Bonchev–Trinajstić information content (AvgIpc) is 3.23. The van der Waals surface area contributed by atoms with E-state index in [9.17, 15) is 14.7 Å². The van der Waals surface area contributed by atoms with Crippen LogP contribution in [0, 0.1) is 5.92 Å². The predicted octanol–water partition coefficient (Wildman–Crippen LogP) is 3.04. The van der Waals surface area contributed by atoms with E-state index < -0.39 is 11.9 Å². The third-order valence-corrected chi connectivity index (χ3v) is 7.20. The largest absolute Gasteiger partial charge is 0.495 e. The third kappa shape index (κ3) is 5.99. The second-order valence-corrected chi connectivity index (χ2v) is 9.93. The van der Waals surface area contributed by atoms with Crippen LogP contribution in [0.25, 0.3) is 0 Å². The first-order chi connectivity index (χ1) is 17.2. The molecule has 11 heteroatoms. The fourth-order valence-electron chi connectivity index (χ4n) is 4.81. The number of methoxy groups -OCH3 is 1. The molecule has 1 fully saturated rings. The molecule has 1 aromatic heterocycles. The standard InChI is InChI=1S/C25H33ClN6O4/c1-31(2)22(33)14-32-9-7-15-11-20(21(36-3)12-16(15)8-10-32)29-25-27-13-18(26)23(30-25)28-19-6-4-5-17(19)24(34)35/h11-13,17,19H,4-10,14H2,1-3H3,(H,34,35)(H2,27,28,29,30)/t17-,19+/m1/s1. The Morgan fingerprint density at radius 1 is 1.22 bits per heavy atom. The van der Waals surface area contributed by atoms with Crippen molar-refractivity contribution < 1.29 is 19.4 Å². The summed E-state index contributed by atoms with van der Waals surface area (Å²) in [6.07, 6.45) is 5.35. The maximum atomic E-state index is 12.2. The van der Waals surface area contributed by atoms with E-state index in [1.807, 2.05) is 12.1 Å². The van der Waals surface area contributed by atoms with E-state index in [-0.39, 0.29) is 11.9 Å². The molecule has 1 aromatic carbocycles. The summed E-state index contributed by atoms with van der Waals surface area (Å²) in [5.41, 5.74) is 3.10. The van der Waals surface area contributed by atoms with Crippen molar-refractivity contribution in [1.29, 1.82) is 0 Å². The van der Waals surface area contributed by atoms with Crippen LogP contribution in [-0.4, -0.2) is 83.6 Å². The number of halogens is 1. The summed E-state index contributed by atoms with van der Waals surface area (Å²) in [4.78, 5) is 36.4. The van der Waals surface area contributed by atoms with Gasteiger partial charge in [0.05, 0.1) is 31.5 Å². The fraction of sp³-hybridized carbons (Fsp3) is 0.520. The molecule has 0 radical (unpaired) electrons. The quantitative estimate of drug-likeness (QED) is 0.486. The van der Waals surface area contributed by atoms with Crippen LogP contribution in [0.2, 0.25) is 5.02 Å². The number of amides is 1. The minimum atomic E-state index is -0.812. The maximum absolute atomic E-state index is 12.2. The van der Waals surface area contributed by atoms with Crippen molar-refractivity contribution in [3.05, 3.63) is 34.5 Å². The summed E-state index contributed by atoms with van der Waals surface area (Å²) in [7, 11) is 5.17. The molecule has 2 heterocycles. The molecule has 1 aliphatic carbocycles. The molecule has 2 aliphatic rings. The van der Waals surface area contributed by atoms with Gasteiger partial charge >= 0.3 is 5.97 Å². The number of hydrogen-bond donors (Lipinski definition) is 3.